The molecule has 0 unspecified atom stereocenters. The minimum atomic E-state index is -0.605. The van der Waals surface area contributed by atoms with Crippen LogP contribution in [-0.2, 0) is 9.59 Å². The molecule has 0 aliphatic heterocycles. The third-order valence-electron chi connectivity index (χ3n) is 2.34. The van der Waals surface area contributed by atoms with Gasteiger partial charge >= 0.3 is 11.8 Å². The number of nitrogens with one attached hydrogen (secondary N) is 2. The Morgan fingerprint density at radius 3 is 2.13 bits per heavy atom. The molecule has 0 aromatic heterocycles. The van der Waals surface area contributed by atoms with E-state index >= 15 is 0 Å². The van der Waals surface area contributed by atoms with Crippen LogP contribution in [0.1, 0.15) is 26.7 Å². The maximum atomic E-state index is 11.2. The summed E-state index contributed by atoms with van der Waals surface area (Å²) in [5, 5.41) is 5.02. The SMILES string of the molecule is CCC(CC)CNC(=O)C(=O)NCCN. The average molecular weight is 215 g/mol. The van der Waals surface area contributed by atoms with Crippen LogP contribution in [0.4, 0.5) is 0 Å². The molecule has 0 aromatic carbocycles. The fourth-order valence-corrected chi connectivity index (χ4v) is 1.16. The van der Waals surface area contributed by atoms with E-state index in [2.05, 4.69) is 24.5 Å². The van der Waals surface area contributed by atoms with Crippen LogP contribution < -0.4 is 16.4 Å². The van der Waals surface area contributed by atoms with Gasteiger partial charge in [0.25, 0.3) is 0 Å². The first-order chi connectivity index (χ1) is 7.15. The van der Waals surface area contributed by atoms with E-state index in [0.717, 1.165) is 12.8 Å². The first-order valence-corrected chi connectivity index (χ1v) is 5.41. The van der Waals surface area contributed by atoms with Crippen LogP contribution in [0.5, 0.6) is 0 Å². The van der Waals surface area contributed by atoms with Crippen molar-refractivity contribution in [1.29, 1.82) is 0 Å². The number of carbonyl (C=O) groups excluding carboxylic acids is 2. The molecule has 0 rings (SSSR count). The van der Waals surface area contributed by atoms with Crippen molar-refractivity contribution in [3.05, 3.63) is 0 Å². The van der Waals surface area contributed by atoms with Crippen molar-refractivity contribution in [3.63, 3.8) is 0 Å². The highest BCUT2D eigenvalue weighted by Crippen LogP contribution is 2.04. The molecule has 5 heteroatoms. The van der Waals surface area contributed by atoms with Crippen LogP contribution in [-0.4, -0.2) is 31.4 Å². The van der Waals surface area contributed by atoms with Gasteiger partial charge in [-0.3, -0.25) is 9.59 Å². The highest BCUT2D eigenvalue weighted by atomic mass is 16.2. The van der Waals surface area contributed by atoms with Crippen LogP contribution in [0.25, 0.3) is 0 Å². The van der Waals surface area contributed by atoms with Gasteiger partial charge in [0.2, 0.25) is 0 Å². The fourth-order valence-electron chi connectivity index (χ4n) is 1.16. The summed E-state index contributed by atoms with van der Waals surface area (Å²) in [4.78, 5) is 22.3. The average Bonchev–Trinajstić information content (AvgIpc) is 2.26. The van der Waals surface area contributed by atoms with Gasteiger partial charge in [-0.05, 0) is 5.92 Å². The van der Waals surface area contributed by atoms with Crippen molar-refractivity contribution in [1.82, 2.24) is 10.6 Å². The fraction of sp³-hybridized carbons (Fsp3) is 0.800. The highest BCUT2D eigenvalue weighted by molar-refractivity contribution is 6.35. The Kier molecular flexibility index (Phi) is 7.62. The Bertz CT molecular complexity index is 203. The van der Waals surface area contributed by atoms with Crippen molar-refractivity contribution in [2.24, 2.45) is 11.7 Å². The normalized spacial score (nSPS) is 10.1. The molecule has 0 saturated heterocycles. The summed E-state index contributed by atoms with van der Waals surface area (Å²) in [6.45, 7) is 5.36. The molecule has 0 radical (unpaired) electrons. The molecule has 0 fully saturated rings. The maximum absolute atomic E-state index is 11.2. The standard InChI is InChI=1S/C10H21N3O2/c1-3-8(4-2)7-13-10(15)9(14)12-6-5-11/h8H,3-7,11H2,1-2H3,(H,12,14)(H,13,15). The predicted octanol–water partition coefficient (Wildman–Crippen LogP) is -0.386. The second kappa shape index (κ2) is 8.23. The lowest BCUT2D eigenvalue weighted by molar-refractivity contribution is -0.139. The van der Waals surface area contributed by atoms with Crippen LogP contribution in [0, 0.1) is 5.92 Å². The van der Waals surface area contributed by atoms with E-state index in [0.29, 0.717) is 25.6 Å². The summed E-state index contributed by atoms with van der Waals surface area (Å²) >= 11 is 0. The van der Waals surface area contributed by atoms with Crippen molar-refractivity contribution in [2.75, 3.05) is 19.6 Å². The molecule has 0 atom stereocenters. The molecular formula is C10H21N3O2. The van der Waals surface area contributed by atoms with Gasteiger partial charge < -0.3 is 16.4 Å². The van der Waals surface area contributed by atoms with E-state index in [1.165, 1.54) is 0 Å². The smallest absolute Gasteiger partial charge is 0.309 e. The molecule has 2 amide bonds. The van der Waals surface area contributed by atoms with Gasteiger partial charge in [-0.15, -0.1) is 0 Å². The first kappa shape index (κ1) is 13.9. The largest absolute Gasteiger partial charge is 0.348 e. The van der Waals surface area contributed by atoms with Gasteiger partial charge in [-0.25, -0.2) is 0 Å². The van der Waals surface area contributed by atoms with E-state index in [1.807, 2.05) is 0 Å². The third kappa shape index (κ3) is 6.06. The Balaban J connectivity index is 3.77. The van der Waals surface area contributed by atoms with Crippen molar-refractivity contribution in [2.45, 2.75) is 26.7 Å². The summed E-state index contributed by atoms with van der Waals surface area (Å²) in [5.74, 6) is -0.738. The highest BCUT2D eigenvalue weighted by Gasteiger charge is 2.13. The zero-order valence-electron chi connectivity index (χ0n) is 9.51. The molecule has 0 aliphatic carbocycles. The van der Waals surface area contributed by atoms with Crippen LogP contribution in [0.15, 0.2) is 0 Å². The molecular weight excluding hydrogens is 194 g/mol. The second-order valence-electron chi connectivity index (χ2n) is 3.44. The summed E-state index contributed by atoms with van der Waals surface area (Å²) in [6.07, 6.45) is 2.00. The van der Waals surface area contributed by atoms with Gasteiger partial charge in [0, 0.05) is 19.6 Å². The zero-order chi connectivity index (χ0) is 11.7. The Morgan fingerprint density at radius 2 is 1.67 bits per heavy atom. The third-order valence-corrected chi connectivity index (χ3v) is 2.34. The number of hydrogen-bond donors (Lipinski definition) is 3. The molecule has 0 spiro atoms. The lowest BCUT2D eigenvalue weighted by Crippen LogP contribution is -2.43. The monoisotopic (exact) mass is 215 g/mol. The summed E-state index contributed by atoms with van der Waals surface area (Å²) in [5.41, 5.74) is 5.20. The Labute approximate surface area is 90.8 Å². The maximum Gasteiger partial charge on any atom is 0.309 e. The Hall–Kier alpha value is -1.10. The van der Waals surface area contributed by atoms with E-state index < -0.39 is 11.8 Å². The predicted molar refractivity (Wildman–Crippen MR) is 59.1 cm³/mol. The number of hydrogen-bond acceptors (Lipinski definition) is 3. The molecule has 0 aliphatic rings. The first-order valence-electron chi connectivity index (χ1n) is 5.41. The molecule has 4 N–H and O–H groups in total. The number of amides is 2. The lowest BCUT2D eigenvalue weighted by atomic mass is 10.0. The van der Waals surface area contributed by atoms with Crippen LogP contribution >= 0.6 is 0 Å². The minimum absolute atomic E-state index is 0.331. The minimum Gasteiger partial charge on any atom is -0.348 e. The lowest BCUT2D eigenvalue weighted by Gasteiger charge is -2.12. The molecule has 15 heavy (non-hydrogen) atoms. The van der Waals surface area contributed by atoms with Gasteiger partial charge in [0.15, 0.2) is 0 Å². The van der Waals surface area contributed by atoms with Gasteiger partial charge in [0.1, 0.15) is 0 Å². The molecule has 0 aromatic rings. The molecule has 0 heterocycles. The second-order valence-corrected chi connectivity index (χ2v) is 3.44. The molecule has 88 valence electrons. The molecule has 0 bridgehead atoms. The Morgan fingerprint density at radius 1 is 1.13 bits per heavy atom. The van der Waals surface area contributed by atoms with Gasteiger partial charge in [0.05, 0.1) is 0 Å². The van der Waals surface area contributed by atoms with Crippen molar-refractivity contribution >= 4 is 11.8 Å². The number of rotatable bonds is 6. The van der Waals surface area contributed by atoms with E-state index in [-0.39, 0.29) is 0 Å². The molecule has 0 saturated carbocycles. The zero-order valence-corrected chi connectivity index (χ0v) is 9.51. The summed E-state index contributed by atoms with van der Waals surface area (Å²) in [7, 11) is 0. The summed E-state index contributed by atoms with van der Waals surface area (Å²) < 4.78 is 0. The van der Waals surface area contributed by atoms with E-state index in [9.17, 15) is 9.59 Å². The number of carbonyl (C=O) groups is 2. The van der Waals surface area contributed by atoms with Crippen molar-refractivity contribution < 1.29 is 9.59 Å². The van der Waals surface area contributed by atoms with E-state index in [4.69, 9.17) is 5.73 Å². The van der Waals surface area contributed by atoms with Gasteiger partial charge in [-0.1, -0.05) is 26.7 Å². The quantitative estimate of drug-likeness (QED) is 0.528. The topological polar surface area (TPSA) is 84.2 Å². The summed E-state index contributed by atoms with van der Waals surface area (Å²) in [6, 6.07) is 0. The number of nitrogens with two attached hydrogens (primary N) is 1. The van der Waals surface area contributed by atoms with Crippen molar-refractivity contribution in [3.8, 4) is 0 Å². The van der Waals surface area contributed by atoms with Gasteiger partial charge in [-0.2, -0.15) is 0 Å². The van der Waals surface area contributed by atoms with Crippen LogP contribution in [0.2, 0.25) is 0 Å². The van der Waals surface area contributed by atoms with E-state index in [1.54, 1.807) is 0 Å². The molecule has 5 nitrogen and oxygen atoms in total. The van der Waals surface area contributed by atoms with Crippen LogP contribution in [0.3, 0.4) is 0 Å².